The molecule has 0 aromatic carbocycles. The maximum atomic E-state index is 3.96. The molecule has 0 aliphatic rings. The summed E-state index contributed by atoms with van der Waals surface area (Å²) >= 11 is 7.91. The third-order valence-electron chi connectivity index (χ3n) is 8.29. The van der Waals surface area contributed by atoms with Crippen LogP contribution >= 0.6 is 31.9 Å². The molecule has 0 aliphatic carbocycles. The zero-order chi connectivity index (χ0) is 24.8. The highest BCUT2D eigenvalue weighted by Gasteiger charge is 2.47. The molecular formula is C26H46Br2N2Si2. The molecule has 0 amide bonds. The molecular weight excluding hydrogens is 556 g/mol. The first kappa shape index (κ1) is 28.2. The van der Waals surface area contributed by atoms with E-state index in [1.165, 1.54) is 20.1 Å². The van der Waals surface area contributed by atoms with Crippen LogP contribution in [0.25, 0.3) is 11.1 Å². The second kappa shape index (κ2) is 10.3. The Balaban J connectivity index is 2.73. The normalized spacial score (nSPS) is 13.8. The van der Waals surface area contributed by atoms with Gasteiger partial charge in [0.2, 0.25) is 0 Å². The van der Waals surface area contributed by atoms with Gasteiger partial charge in [-0.2, -0.15) is 0 Å². The second-order valence-corrected chi connectivity index (χ2v) is 24.8. The fourth-order valence-corrected chi connectivity index (χ4v) is 21.9. The third-order valence-corrected chi connectivity index (χ3v) is 23.0. The van der Waals surface area contributed by atoms with Crippen LogP contribution < -0.4 is 0 Å². The fourth-order valence-electron chi connectivity index (χ4n) is 7.49. The zero-order valence-electron chi connectivity index (χ0n) is 22.4. The first-order valence-electron chi connectivity index (χ1n) is 12.4. The molecule has 2 nitrogen and oxygen atoms in total. The quantitative estimate of drug-likeness (QED) is 0.253. The molecule has 2 rings (SSSR count). The van der Waals surface area contributed by atoms with Crippen molar-refractivity contribution in [2.24, 2.45) is 0 Å². The van der Waals surface area contributed by atoms with Crippen LogP contribution in [0.15, 0.2) is 33.7 Å². The zero-order valence-corrected chi connectivity index (χ0v) is 27.6. The average Bonchev–Trinajstić information content (AvgIpc) is 3.17. The molecule has 0 aliphatic heterocycles. The summed E-state index contributed by atoms with van der Waals surface area (Å²) in [5.74, 6) is 0. The van der Waals surface area contributed by atoms with Crippen LogP contribution in [0, 0.1) is 0 Å². The van der Waals surface area contributed by atoms with Gasteiger partial charge >= 0.3 is 0 Å². The summed E-state index contributed by atoms with van der Waals surface area (Å²) in [6.45, 7) is 29.2. The topological polar surface area (TPSA) is 9.86 Å². The Kier molecular flexibility index (Phi) is 9.07. The molecule has 2 aromatic heterocycles. The molecule has 0 N–H and O–H groups in total. The van der Waals surface area contributed by atoms with E-state index >= 15 is 0 Å². The van der Waals surface area contributed by atoms with Gasteiger partial charge in [-0.3, -0.25) is 0 Å². The van der Waals surface area contributed by atoms with Gasteiger partial charge in [-0.05, 0) is 65.1 Å². The average molecular weight is 603 g/mol. The minimum absolute atomic E-state index is 0.672. The van der Waals surface area contributed by atoms with Gasteiger partial charge in [0.25, 0.3) is 0 Å². The molecule has 0 spiro atoms. The lowest BCUT2D eigenvalue weighted by Gasteiger charge is -2.44. The minimum atomic E-state index is -1.77. The van der Waals surface area contributed by atoms with Gasteiger partial charge in [-0.1, -0.05) is 83.1 Å². The van der Waals surface area contributed by atoms with Crippen molar-refractivity contribution in [3.8, 4) is 11.1 Å². The Labute approximate surface area is 217 Å². The van der Waals surface area contributed by atoms with Crippen molar-refractivity contribution in [1.29, 1.82) is 0 Å². The van der Waals surface area contributed by atoms with Gasteiger partial charge in [0.1, 0.15) is 0 Å². The van der Waals surface area contributed by atoms with Gasteiger partial charge in [0, 0.05) is 44.9 Å². The molecule has 2 heterocycles. The van der Waals surface area contributed by atoms with Crippen molar-refractivity contribution in [2.75, 3.05) is 0 Å². The maximum Gasteiger partial charge on any atom is 0.168 e. The van der Waals surface area contributed by atoms with E-state index in [4.69, 9.17) is 0 Å². The molecule has 0 radical (unpaired) electrons. The van der Waals surface area contributed by atoms with Crippen molar-refractivity contribution in [1.82, 2.24) is 8.47 Å². The monoisotopic (exact) mass is 600 g/mol. The smallest absolute Gasteiger partial charge is 0.168 e. The van der Waals surface area contributed by atoms with Gasteiger partial charge in [0.15, 0.2) is 16.5 Å². The van der Waals surface area contributed by atoms with Crippen molar-refractivity contribution >= 4 is 48.3 Å². The van der Waals surface area contributed by atoms with Gasteiger partial charge in [0.05, 0.1) is 0 Å². The number of halogens is 2. The number of nitrogens with zero attached hydrogens (tertiary/aromatic N) is 2. The second-order valence-electron chi connectivity index (χ2n) is 11.6. The molecule has 0 fully saturated rings. The lowest BCUT2D eigenvalue weighted by molar-refractivity contribution is 0.765. The third kappa shape index (κ3) is 4.35. The first-order valence-corrected chi connectivity index (χ1v) is 18.4. The van der Waals surface area contributed by atoms with E-state index in [2.05, 4.69) is 148 Å². The largest absolute Gasteiger partial charge is 0.378 e. The van der Waals surface area contributed by atoms with E-state index < -0.39 is 16.5 Å². The number of hydrogen-bond donors (Lipinski definition) is 0. The predicted molar refractivity (Wildman–Crippen MR) is 156 cm³/mol. The van der Waals surface area contributed by atoms with Crippen LogP contribution in [0.2, 0.25) is 33.2 Å². The van der Waals surface area contributed by atoms with Crippen LogP contribution in [0.3, 0.4) is 0 Å². The molecule has 0 bridgehead atoms. The first-order chi connectivity index (χ1) is 14.7. The van der Waals surface area contributed by atoms with E-state index in [1.807, 2.05) is 0 Å². The van der Waals surface area contributed by atoms with E-state index in [0.29, 0.717) is 33.2 Å². The van der Waals surface area contributed by atoms with Crippen molar-refractivity contribution < 1.29 is 0 Å². The van der Waals surface area contributed by atoms with Crippen LogP contribution in [-0.2, 0) is 0 Å². The number of rotatable bonds is 9. The van der Waals surface area contributed by atoms with Crippen LogP contribution in [0.1, 0.15) is 83.1 Å². The van der Waals surface area contributed by atoms with E-state index in [0.717, 1.165) is 0 Å². The summed E-state index contributed by atoms with van der Waals surface area (Å²) in [5, 5.41) is 0. The lowest BCUT2D eigenvalue weighted by Crippen LogP contribution is -2.51. The molecule has 6 heteroatoms. The summed E-state index contributed by atoms with van der Waals surface area (Å²) in [6.07, 6.45) is 9.65. The van der Waals surface area contributed by atoms with Gasteiger partial charge < -0.3 is 8.47 Å². The molecule has 32 heavy (non-hydrogen) atoms. The lowest BCUT2D eigenvalue weighted by atomic mass is 10.2. The number of hydrogen-bond acceptors (Lipinski definition) is 0. The highest BCUT2D eigenvalue weighted by atomic mass is 79.9. The van der Waals surface area contributed by atoms with Crippen LogP contribution in [0.5, 0.6) is 0 Å². The Bertz CT molecular complexity index is 789. The van der Waals surface area contributed by atoms with Crippen LogP contribution in [-0.4, -0.2) is 24.9 Å². The van der Waals surface area contributed by atoms with E-state index in [9.17, 15) is 0 Å². The van der Waals surface area contributed by atoms with Crippen molar-refractivity contribution in [3.63, 3.8) is 0 Å². The van der Waals surface area contributed by atoms with E-state index in [-0.39, 0.29) is 0 Å². The van der Waals surface area contributed by atoms with Gasteiger partial charge in [-0.25, -0.2) is 0 Å². The summed E-state index contributed by atoms with van der Waals surface area (Å²) in [5.41, 5.74) is 6.66. The Morgan fingerprint density at radius 1 is 0.469 bits per heavy atom. The summed E-state index contributed by atoms with van der Waals surface area (Å²) in [4.78, 5) is 0. The molecule has 2 aromatic rings. The molecule has 0 saturated carbocycles. The molecule has 0 unspecified atom stereocenters. The number of aromatic nitrogens is 2. The standard InChI is InChI=1S/C26H46Br2N2Si2/c1-17(2)31(18(3)4,19(5)6)29-13-23(25(27)15-29)24-14-30(16-26(24)28)32(20(7)8,21(9)10)22(11)12/h13-22H,1-12H3. The minimum Gasteiger partial charge on any atom is -0.378 e. The SMILES string of the molecule is CC(C)[Si](C(C)C)(C(C)C)n1cc(Br)c(-c2cn([Si](C(C)C)(C(C)C)C(C)C)cc2Br)c1. The molecule has 182 valence electrons. The van der Waals surface area contributed by atoms with Crippen molar-refractivity contribution in [3.05, 3.63) is 33.7 Å². The Morgan fingerprint density at radius 2 is 0.688 bits per heavy atom. The Hall–Kier alpha value is -0.0462. The molecule has 0 atom stereocenters. The maximum absolute atomic E-state index is 3.96. The van der Waals surface area contributed by atoms with Gasteiger partial charge in [-0.15, -0.1) is 0 Å². The van der Waals surface area contributed by atoms with Crippen LogP contribution in [0.4, 0.5) is 0 Å². The predicted octanol–water partition coefficient (Wildman–Crippen LogP) is 10.5. The highest BCUT2D eigenvalue weighted by Crippen LogP contribution is 2.47. The van der Waals surface area contributed by atoms with E-state index in [1.54, 1.807) is 0 Å². The van der Waals surface area contributed by atoms with Crippen molar-refractivity contribution in [2.45, 2.75) is 116 Å². The Morgan fingerprint density at radius 3 is 0.875 bits per heavy atom. The summed E-state index contributed by atoms with van der Waals surface area (Å²) in [7, 11) is -3.55. The fraction of sp³-hybridized carbons (Fsp3) is 0.692. The summed E-state index contributed by atoms with van der Waals surface area (Å²) < 4.78 is 7.71. The molecule has 0 saturated heterocycles. The highest BCUT2D eigenvalue weighted by molar-refractivity contribution is 9.11. The summed E-state index contributed by atoms with van der Waals surface area (Å²) in [6, 6.07) is 0.